The topological polar surface area (TPSA) is 84.9 Å². The van der Waals surface area contributed by atoms with Crippen LogP contribution in [0.25, 0.3) is 0 Å². The molecule has 1 fully saturated rings. The average Bonchev–Trinajstić information content (AvgIpc) is 2.51. The lowest BCUT2D eigenvalue weighted by Gasteiger charge is -2.37. The van der Waals surface area contributed by atoms with Crippen LogP contribution >= 0.6 is 0 Å². The van der Waals surface area contributed by atoms with Gasteiger partial charge in [-0.3, -0.25) is 0 Å². The molecule has 0 radical (unpaired) electrons. The number of rotatable bonds is 2. The van der Waals surface area contributed by atoms with Crippen molar-refractivity contribution in [2.75, 3.05) is 19.8 Å². The Hall–Kier alpha value is -1.30. The first kappa shape index (κ1) is 13.7. The van der Waals surface area contributed by atoms with Gasteiger partial charge in [0.15, 0.2) is 11.5 Å². The summed E-state index contributed by atoms with van der Waals surface area (Å²) in [5.74, 6) is 0.207. The van der Waals surface area contributed by atoms with E-state index in [1.807, 2.05) is 0 Å². The normalized spacial score (nSPS) is 29.9. The fourth-order valence-electron chi connectivity index (χ4n) is 3.21. The Morgan fingerprint density at radius 2 is 2.15 bits per heavy atom. The third-order valence-electron chi connectivity index (χ3n) is 4.32. The quantitative estimate of drug-likeness (QED) is 0.714. The standard InChI is InChI=1S/C15H21NO4/c16-7-14-10-3-4-12(17)15(18)11(10)6-13(20-14)9-2-1-5-19-8-9/h3-4,9,13-14,17-18H,1-2,5-8,16H2. The predicted octanol–water partition coefficient (Wildman–Crippen LogP) is 1.47. The van der Waals surface area contributed by atoms with Crippen LogP contribution in [-0.4, -0.2) is 36.1 Å². The summed E-state index contributed by atoms with van der Waals surface area (Å²) in [4.78, 5) is 0. The van der Waals surface area contributed by atoms with Crippen LogP contribution < -0.4 is 5.73 Å². The number of phenolic OH excluding ortho intramolecular Hbond substituents is 2. The fraction of sp³-hybridized carbons (Fsp3) is 0.600. The summed E-state index contributed by atoms with van der Waals surface area (Å²) in [5.41, 5.74) is 7.45. The summed E-state index contributed by atoms with van der Waals surface area (Å²) >= 11 is 0. The number of benzene rings is 1. The second kappa shape index (κ2) is 5.60. The molecule has 3 unspecified atom stereocenters. The Labute approximate surface area is 118 Å². The second-order valence-electron chi connectivity index (χ2n) is 5.58. The fourth-order valence-corrected chi connectivity index (χ4v) is 3.21. The Bertz CT molecular complexity index is 485. The van der Waals surface area contributed by atoms with Gasteiger partial charge in [-0.05, 0) is 24.5 Å². The first-order chi connectivity index (χ1) is 9.70. The number of aromatic hydroxyl groups is 2. The van der Waals surface area contributed by atoms with E-state index in [-0.39, 0.29) is 23.7 Å². The van der Waals surface area contributed by atoms with Gasteiger partial charge in [0.2, 0.25) is 0 Å². The minimum absolute atomic E-state index is 0.0101. The van der Waals surface area contributed by atoms with Gasteiger partial charge in [0.25, 0.3) is 0 Å². The van der Waals surface area contributed by atoms with Crippen molar-refractivity contribution in [3.8, 4) is 11.5 Å². The van der Waals surface area contributed by atoms with Crippen molar-refractivity contribution in [1.29, 1.82) is 0 Å². The Morgan fingerprint density at radius 3 is 2.85 bits per heavy atom. The van der Waals surface area contributed by atoms with Crippen molar-refractivity contribution in [1.82, 2.24) is 0 Å². The van der Waals surface area contributed by atoms with E-state index in [2.05, 4.69) is 0 Å². The van der Waals surface area contributed by atoms with E-state index in [9.17, 15) is 10.2 Å². The monoisotopic (exact) mass is 279 g/mol. The molecule has 2 aliphatic heterocycles. The van der Waals surface area contributed by atoms with E-state index in [1.165, 1.54) is 6.07 Å². The molecule has 2 aliphatic rings. The molecule has 1 aromatic carbocycles. The smallest absolute Gasteiger partial charge is 0.161 e. The number of nitrogens with two attached hydrogens (primary N) is 1. The van der Waals surface area contributed by atoms with Gasteiger partial charge in [-0.2, -0.15) is 0 Å². The van der Waals surface area contributed by atoms with Crippen LogP contribution in [0.2, 0.25) is 0 Å². The van der Waals surface area contributed by atoms with Crippen LogP contribution in [0, 0.1) is 5.92 Å². The number of fused-ring (bicyclic) bond motifs is 1. The van der Waals surface area contributed by atoms with Crippen LogP contribution in [0.1, 0.15) is 30.1 Å². The summed E-state index contributed by atoms with van der Waals surface area (Å²) in [5, 5.41) is 19.8. The van der Waals surface area contributed by atoms with Crippen molar-refractivity contribution in [3.63, 3.8) is 0 Å². The molecule has 0 bridgehead atoms. The van der Waals surface area contributed by atoms with Crippen molar-refractivity contribution in [3.05, 3.63) is 23.3 Å². The van der Waals surface area contributed by atoms with Gasteiger partial charge in [0.05, 0.1) is 18.8 Å². The van der Waals surface area contributed by atoms with Gasteiger partial charge in [0.1, 0.15) is 0 Å². The Kier molecular flexibility index (Phi) is 3.83. The van der Waals surface area contributed by atoms with E-state index in [1.54, 1.807) is 6.07 Å². The van der Waals surface area contributed by atoms with Crippen molar-refractivity contribution in [2.45, 2.75) is 31.5 Å². The molecule has 0 aromatic heterocycles. The largest absolute Gasteiger partial charge is 0.504 e. The van der Waals surface area contributed by atoms with E-state index < -0.39 is 0 Å². The average molecular weight is 279 g/mol. The minimum atomic E-state index is -0.225. The van der Waals surface area contributed by atoms with E-state index in [0.29, 0.717) is 25.5 Å². The highest BCUT2D eigenvalue weighted by atomic mass is 16.5. The third kappa shape index (κ3) is 2.37. The number of hydrogen-bond acceptors (Lipinski definition) is 5. The van der Waals surface area contributed by atoms with Crippen molar-refractivity contribution in [2.24, 2.45) is 11.7 Å². The summed E-state index contributed by atoms with van der Waals surface area (Å²) in [6.07, 6.45) is 2.47. The van der Waals surface area contributed by atoms with Crippen molar-refractivity contribution < 1.29 is 19.7 Å². The number of ether oxygens (including phenoxy) is 2. The molecule has 4 N–H and O–H groups in total. The molecule has 1 aromatic rings. The van der Waals surface area contributed by atoms with Crippen LogP contribution in [0.3, 0.4) is 0 Å². The zero-order valence-corrected chi connectivity index (χ0v) is 11.4. The highest BCUT2D eigenvalue weighted by molar-refractivity contribution is 5.51. The molecule has 3 rings (SSSR count). The van der Waals surface area contributed by atoms with Crippen LogP contribution in [0.15, 0.2) is 12.1 Å². The zero-order chi connectivity index (χ0) is 14.1. The van der Waals surface area contributed by atoms with Gasteiger partial charge >= 0.3 is 0 Å². The summed E-state index contributed by atoms with van der Waals surface area (Å²) < 4.78 is 11.6. The third-order valence-corrected chi connectivity index (χ3v) is 4.32. The molecule has 110 valence electrons. The maximum atomic E-state index is 10.1. The molecule has 5 heteroatoms. The van der Waals surface area contributed by atoms with Crippen LogP contribution in [0.5, 0.6) is 11.5 Å². The molecule has 2 heterocycles. The van der Waals surface area contributed by atoms with E-state index in [4.69, 9.17) is 15.2 Å². The molecule has 20 heavy (non-hydrogen) atoms. The Balaban J connectivity index is 1.90. The molecule has 5 nitrogen and oxygen atoms in total. The lowest BCUT2D eigenvalue weighted by Crippen LogP contribution is -2.38. The first-order valence-electron chi connectivity index (χ1n) is 7.17. The molecule has 3 atom stereocenters. The zero-order valence-electron chi connectivity index (χ0n) is 11.4. The van der Waals surface area contributed by atoms with Gasteiger partial charge in [0, 0.05) is 31.1 Å². The molecular weight excluding hydrogens is 258 g/mol. The maximum absolute atomic E-state index is 10.1. The molecule has 0 saturated carbocycles. The number of phenols is 2. The predicted molar refractivity (Wildman–Crippen MR) is 73.7 cm³/mol. The van der Waals surface area contributed by atoms with E-state index >= 15 is 0 Å². The number of hydrogen-bond donors (Lipinski definition) is 3. The molecule has 0 spiro atoms. The van der Waals surface area contributed by atoms with Gasteiger partial charge in [-0.25, -0.2) is 0 Å². The summed E-state index contributed by atoms with van der Waals surface area (Å²) in [6.45, 7) is 1.87. The second-order valence-corrected chi connectivity index (χ2v) is 5.58. The summed E-state index contributed by atoms with van der Waals surface area (Å²) in [6, 6.07) is 3.28. The maximum Gasteiger partial charge on any atom is 0.161 e. The van der Waals surface area contributed by atoms with Crippen LogP contribution in [0.4, 0.5) is 0 Å². The minimum Gasteiger partial charge on any atom is -0.504 e. The summed E-state index contributed by atoms with van der Waals surface area (Å²) in [7, 11) is 0. The van der Waals surface area contributed by atoms with Crippen molar-refractivity contribution >= 4 is 0 Å². The van der Waals surface area contributed by atoms with Gasteiger partial charge < -0.3 is 25.4 Å². The van der Waals surface area contributed by atoms with Gasteiger partial charge in [-0.1, -0.05) is 6.07 Å². The van der Waals surface area contributed by atoms with E-state index in [0.717, 1.165) is 30.6 Å². The molecule has 1 saturated heterocycles. The van der Waals surface area contributed by atoms with Crippen LogP contribution in [-0.2, 0) is 15.9 Å². The molecule has 0 amide bonds. The van der Waals surface area contributed by atoms with Gasteiger partial charge in [-0.15, -0.1) is 0 Å². The molecule has 0 aliphatic carbocycles. The Morgan fingerprint density at radius 1 is 1.30 bits per heavy atom. The lowest BCUT2D eigenvalue weighted by molar-refractivity contribution is -0.0865. The highest BCUT2D eigenvalue weighted by Crippen LogP contribution is 2.41. The highest BCUT2D eigenvalue weighted by Gasteiger charge is 2.34. The first-order valence-corrected chi connectivity index (χ1v) is 7.17. The SMILES string of the molecule is NCC1OC(C2CCCOC2)Cc2c1ccc(O)c2O. The lowest BCUT2D eigenvalue weighted by atomic mass is 9.85. The molecular formula is C15H21NO4.